The minimum absolute atomic E-state index is 0.0664. The summed E-state index contributed by atoms with van der Waals surface area (Å²) >= 11 is 5.66. The molecular weight excluding hydrogens is 339 g/mol. The predicted molar refractivity (Wildman–Crippen MR) is 78.1 cm³/mol. The smallest absolute Gasteiger partial charge is 0.214 e. The van der Waals surface area contributed by atoms with Crippen molar-refractivity contribution in [1.29, 1.82) is 0 Å². The molecule has 0 aliphatic rings. The van der Waals surface area contributed by atoms with Crippen LogP contribution in [0.25, 0.3) is 11.1 Å². The average molecular weight is 350 g/mol. The summed E-state index contributed by atoms with van der Waals surface area (Å²) in [5.41, 5.74) is 0.115. The first-order valence-corrected chi connectivity index (χ1v) is 7.92. The minimum atomic E-state index is -4.51. The molecule has 3 nitrogen and oxygen atoms in total. The lowest BCUT2D eigenvalue weighted by Crippen LogP contribution is -2.18. The summed E-state index contributed by atoms with van der Waals surface area (Å²) in [6, 6.07) is 9.13. The van der Waals surface area contributed by atoms with E-state index in [9.17, 15) is 21.6 Å². The highest BCUT2D eigenvalue weighted by Crippen LogP contribution is 2.36. The second kappa shape index (κ2) is 5.91. The third-order valence-electron chi connectivity index (χ3n) is 3.04. The van der Waals surface area contributed by atoms with Gasteiger partial charge in [-0.15, -0.1) is 0 Å². The van der Waals surface area contributed by atoms with Crippen molar-refractivity contribution in [1.82, 2.24) is 4.72 Å². The molecule has 2 aromatic carbocycles. The van der Waals surface area contributed by atoms with Crippen molar-refractivity contribution in [3.8, 4) is 11.1 Å². The highest BCUT2D eigenvalue weighted by molar-refractivity contribution is 7.89. The number of halogens is 4. The molecule has 1 N–H and O–H groups in total. The van der Waals surface area contributed by atoms with Gasteiger partial charge in [0.25, 0.3) is 0 Å². The van der Waals surface area contributed by atoms with E-state index in [4.69, 9.17) is 11.6 Å². The van der Waals surface area contributed by atoms with Gasteiger partial charge in [0.05, 0.1) is 15.5 Å². The van der Waals surface area contributed by atoms with Gasteiger partial charge < -0.3 is 0 Å². The lowest BCUT2D eigenvalue weighted by Gasteiger charge is -2.11. The van der Waals surface area contributed by atoms with E-state index >= 15 is 0 Å². The van der Waals surface area contributed by atoms with Crippen LogP contribution in [-0.4, -0.2) is 15.5 Å². The summed E-state index contributed by atoms with van der Waals surface area (Å²) in [7, 11) is -2.27. The van der Waals surface area contributed by atoms with E-state index in [-0.39, 0.29) is 4.90 Å². The topological polar surface area (TPSA) is 46.2 Å². The van der Waals surface area contributed by atoms with Gasteiger partial charge >= 0.3 is 6.18 Å². The van der Waals surface area contributed by atoms with Crippen LogP contribution in [0.3, 0.4) is 0 Å². The summed E-state index contributed by atoms with van der Waals surface area (Å²) in [6.45, 7) is 0. The number of hydrogen-bond acceptors (Lipinski definition) is 2. The fourth-order valence-corrected chi connectivity index (χ4v) is 2.89. The predicted octanol–water partition coefficient (Wildman–Crippen LogP) is 3.93. The molecular formula is C14H11ClF3NO2S. The highest BCUT2D eigenvalue weighted by atomic mass is 35.5. The fourth-order valence-electron chi connectivity index (χ4n) is 1.87. The maximum Gasteiger partial charge on any atom is 0.417 e. The Morgan fingerprint density at radius 3 is 2.00 bits per heavy atom. The van der Waals surface area contributed by atoms with Gasteiger partial charge in [-0.05, 0) is 42.4 Å². The Bertz CT molecular complexity index is 787. The lowest BCUT2D eigenvalue weighted by atomic mass is 10.0. The molecule has 0 heterocycles. The van der Waals surface area contributed by atoms with Gasteiger partial charge in [0, 0.05) is 0 Å². The standard InChI is InChI=1S/C14H11ClF3NO2S/c1-19-22(20,21)11-5-2-9(3-6-11)10-4-7-12(13(15)8-10)14(16,17)18/h2-8,19H,1H3. The van der Waals surface area contributed by atoms with Crippen LogP contribution in [0.15, 0.2) is 47.4 Å². The molecule has 0 saturated carbocycles. The van der Waals surface area contributed by atoms with Gasteiger partial charge in [0.1, 0.15) is 0 Å². The zero-order chi connectivity index (χ0) is 16.5. The number of alkyl halides is 3. The van der Waals surface area contributed by atoms with Gasteiger partial charge in [-0.25, -0.2) is 13.1 Å². The summed E-state index contributed by atoms with van der Waals surface area (Å²) in [4.78, 5) is 0.0664. The van der Waals surface area contributed by atoms with Crippen LogP contribution in [0.1, 0.15) is 5.56 Å². The molecule has 0 aromatic heterocycles. The maximum atomic E-state index is 12.6. The van der Waals surface area contributed by atoms with Crippen molar-refractivity contribution in [2.45, 2.75) is 11.1 Å². The maximum absolute atomic E-state index is 12.6. The van der Waals surface area contributed by atoms with Crippen molar-refractivity contribution in [2.75, 3.05) is 7.05 Å². The zero-order valence-corrected chi connectivity index (χ0v) is 12.9. The molecule has 2 aromatic rings. The summed E-state index contributed by atoms with van der Waals surface area (Å²) in [5, 5.41) is -0.406. The van der Waals surface area contributed by atoms with Crippen LogP contribution in [-0.2, 0) is 16.2 Å². The van der Waals surface area contributed by atoms with Crippen LogP contribution in [0, 0.1) is 0 Å². The number of benzene rings is 2. The van der Waals surface area contributed by atoms with Crippen LogP contribution in [0.4, 0.5) is 13.2 Å². The Hall–Kier alpha value is -1.57. The Kier molecular flexibility index (Phi) is 4.51. The number of sulfonamides is 1. The van der Waals surface area contributed by atoms with Crippen molar-refractivity contribution in [3.05, 3.63) is 53.1 Å². The van der Waals surface area contributed by atoms with Crippen molar-refractivity contribution < 1.29 is 21.6 Å². The van der Waals surface area contributed by atoms with Gasteiger partial charge in [0.15, 0.2) is 0 Å². The second-order valence-electron chi connectivity index (χ2n) is 4.42. The van der Waals surface area contributed by atoms with Crippen LogP contribution < -0.4 is 4.72 Å². The SMILES string of the molecule is CNS(=O)(=O)c1ccc(-c2ccc(C(F)(F)F)c(Cl)c2)cc1. The first kappa shape index (κ1) is 16.8. The summed E-state index contributed by atoms with van der Waals surface area (Å²) < 4.78 is 63.3. The third kappa shape index (κ3) is 3.43. The first-order chi connectivity index (χ1) is 10.1. The van der Waals surface area contributed by atoms with E-state index in [1.807, 2.05) is 0 Å². The lowest BCUT2D eigenvalue weighted by molar-refractivity contribution is -0.137. The Balaban J connectivity index is 2.40. The Morgan fingerprint density at radius 2 is 1.55 bits per heavy atom. The molecule has 0 saturated heterocycles. The van der Waals surface area contributed by atoms with Crippen molar-refractivity contribution in [3.63, 3.8) is 0 Å². The summed E-state index contributed by atoms with van der Waals surface area (Å²) in [5.74, 6) is 0. The van der Waals surface area contributed by atoms with E-state index in [1.165, 1.54) is 43.4 Å². The first-order valence-electron chi connectivity index (χ1n) is 6.06. The van der Waals surface area contributed by atoms with Crippen molar-refractivity contribution >= 4 is 21.6 Å². The minimum Gasteiger partial charge on any atom is -0.214 e. The number of hydrogen-bond donors (Lipinski definition) is 1. The van der Waals surface area contributed by atoms with Gasteiger partial charge in [-0.2, -0.15) is 13.2 Å². The van der Waals surface area contributed by atoms with E-state index in [2.05, 4.69) is 4.72 Å². The molecule has 0 atom stereocenters. The average Bonchev–Trinajstić information content (AvgIpc) is 2.46. The molecule has 118 valence electrons. The molecule has 2 rings (SSSR count). The fraction of sp³-hybridized carbons (Fsp3) is 0.143. The monoisotopic (exact) mass is 349 g/mol. The van der Waals surface area contributed by atoms with Crippen LogP contribution in [0.5, 0.6) is 0 Å². The van der Waals surface area contributed by atoms with Gasteiger partial charge in [-0.1, -0.05) is 29.8 Å². The van der Waals surface area contributed by atoms with Gasteiger partial charge in [-0.3, -0.25) is 0 Å². The molecule has 8 heteroatoms. The molecule has 0 unspecified atom stereocenters. The number of nitrogens with one attached hydrogen (secondary N) is 1. The van der Waals surface area contributed by atoms with Crippen molar-refractivity contribution in [2.24, 2.45) is 0 Å². The second-order valence-corrected chi connectivity index (χ2v) is 6.72. The normalized spacial score (nSPS) is 12.4. The molecule has 0 bridgehead atoms. The Morgan fingerprint density at radius 1 is 1.00 bits per heavy atom. The molecule has 0 radical (unpaired) electrons. The zero-order valence-electron chi connectivity index (χ0n) is 11.3. The van der Waals surface area contributed by atoms with Crippen LogP contribution in [0.2, 0.25) is 5.02 Å². The van der Waals surface area contributed by atoms with E-state index in [0.29, 0.717) is 11.1 Å². The van der Waals surface area contributed by atoms with Gasteiger partial charge in [0.2, 0.25) is 10.0 Å². The molecule has 0 spiro atoms. The quantitative estimate of drug-likeness (QED) is 0.912. The largest absolute Gasteiger partial charge is 0.417 e. The molecule has 0 aliphatic heterocycles. The van der Waals surface area contributed by atoms with E-state index < -0.39 is 26.8 Å². The molecule has 0 fully saturated rings. The highest BCUT2D eigenvalue weighted by Gasteiger charge is 2.33. The third-order valence-corrected chi connectivity index (χ3v) is 4.78. The molecule has 0 aliphatic carbocycles. The van der Waals surface area contributed by atoms with Crippen LogP contribution >= 0.6 is 11.6 Å². The molecule has 22 heavy (non-hydrogen) atoms. The summed E-state index contributed by atoms with van der Waals surface area (Å²) in [6.07, 6.45) is -4.51. The number of rotatable bonds is 3. The Labute approximate surface area is 130 Å². The molecule has 0 amide bonds. The van der Waals surface area contributed by atoms with E-state index in [0.717, 1.165) is 6.07 Å². The van der Waals surface area contributed by atoms with E-state index in [1.54, 1.807) is 0 Å².